The largest absolute Gasteiger partial charge is 0.389 e. The van der Waals surface area contributed by atoms with Gasteiger partial charge in [-0.2, -0.15) is 4.52 Å². The van der Waals surface area contributed by atoms with Gasteiger partial charge in [0, 0.05) is 25.0 Å². The van der Waals surface area contributed by atoms with Crippen LogP contribution in [0.3, 0.4) is 0 Å². The Morgan fingerprint density at radius 2 is 2.04 bits per heavy atom. The van der Waals surface area contributed by atoms with Crippen LogP contribution in [0.2, 0.25) is 0 Å². The van der Waals surface area contributed by atoms with Crippen LogP contribution in [0.15, 0.2) is 12.1 Å². The molecular formula is C16H22N6O2. The second-order valence-corrected chi connectivity index (χ2v) is 7.19. The van der Waals surface area contributed by atoms with Gasteiger partial charge in [0.2, 0.25) is 0 Å². The molecule has 2 aromatic rings. The monoisotopic (exact) mass is 330 g/mol. The highest BCUT2D eigenvalue weighted by Crippen LogP contribution is 2.38. The molecule has 4 heterocycles. The molecule has 3 fully saturated rings. The maximum Gasteiger partial charge on any atom is 0.178 e. The number of hydrogen-bond donors (Lipinski definition) is 1. The van der Waals surface area contributed by atoms with Gasteiger partial charge in [-0.3, -0.25) is 4.90 Å². The number of aliphatic hydroxyl groups excluding tert-OH is 1. The minimum Gasteiger partial charge on any atom is -0.389 e. The van der Waals surface area contributed by atoms with Gasteiger partial charge >= 0.3 is 0 Å². The van der Waals surface area contributed by atoms with Crippen molar-refractivity contribution in [3.63, 3.8) is 0 Å². The minimum atomic E-state index is -0.378. The van der Waals surface area contributed by atoms with Gasteiger partial charge in [0.1, 0.15) is 5.82 Å². The standard InChI is InChI=1S/C16H22N6O2/c1-20(12-8-24-9-13(12)23)11-6-21(7-11)15-5-4-14-17-18-16(10-2-3-10)22(14)19-15/h4-5,10-13,23H,2-3,6-9H2,1H3. The molecule has 1 saturated carbocycles. The zero-order valence-corrected chi connectivity index (χ0v) is 13.7. The summed E-state index contributed by atoms with van der Waals surface area (Å²) in [5.74, 6) is 2.49. The lowest BCUT2D eigenvalue weighted by Crippen LogP contribution is -2.62. The first-order chi connectivity index (χ1) is 11.7. The number of rotatable bonds is 4. The smallest absolute Gasteiger partial charge is 0.178 e. The van der Waals surface area contributed by atoms with E-state index < -0.39 is 0 Å². The molecule has 2 saturated heterocycles. The molecule has 2 atom stereocenters. The number of aromatic nitrogens is 4. The van der Waals surface area contributed by atoms with E-state index >= 15 is 0 Å². The van der Waals surface area contributed by atoms with E-state index in [1.807, 2.05) is 16.6 Å². The lowest BCUT2D eigenvalue weighted by atomic mass is 10.0. The summed E-state index contributed by atoms with van der Waals surface area (Å²) in [4.78, 5) is 4.51. The Kier molecular flexibility index (Phi) is 3.26. The zero-order chi connectivity index (χ0) is 16.3. The molecule has 1 N–H and O–H groups in total. The van der Waals surface area contributed by atoms with Crippen LogP contribution in [0.25, 0.3) is 5.65 Å². The maximum atomic E-state index is 9.98. The number of hydrogen-bond acceptors (Lipinski definition) is 7. The molecule has 2 aromatic heterocycles. The van der Waals surface area contributed by atoms with E-state index in [0.29, 0.717) is 25.2 Å². The normalized spacial score (nSPS) is 28.0. The summed E-state index contributed by atoms with van der Waals surface area (Å²) in [5.41, 5.74) is 0.820. The molecule has 128 valence electrons. The quantitative estimate of drug-likeness (QED) is 0.837. The van der Waals surface area contributed by atoms with Crippen molar-refractivity contribution in [1.29, 1.82) is 0 Å². The molecule has 0 bridgehead atoms. The topological polar surface area (TPSA) is 79.0 Å². The average molecular weight is 330 g/mol. The predicted molar refractivity (Wildman–Crippen MR) is 87.1 cm³/mol. The summed E-state index contributed by atoms with van der Waals surface area (Å²) in [5, 5.41) is 23.2. The van der Waals surface area contributed by atoms with Gasteiger partial charge in [0.15, 0.2) is 11.5 Å². The Balaban J connectivity index is 1.30. The fourth-order valence-corrected chi connectivity index (χ4v) is 3.65. The van der Waals surface area contributed by atoms with Crippen LogP contribution in [0.4, 0.5) is 5.82 Å². The average Bonchev–Trinajstić information content (AvgIpc) is 3.14. The van der Waals surface area contributed by atoms with Gasteiger partial charge in [0.05, 0.1) is 25.4 Å². The number of fused-ring (bicyclic) bond motifs is 1. The second kappa shape index (κ2) is 5.37. The molecule has 5 rings (SSSR count). The molecule has 0 radical (unpaired) electrons. The summed E-state index contributed by atoms with van der Waals surface area (Å²) < 4.78 is 7.27. The van der Waals surface area contributed by atoms with E-state index in [1.165, 1.54) is 12.8 Å². The van der Waals surface area contributed by atoms with Gasteiger partial charge in [-0.05, 0) is 32.0 Å². The van der Waals surface area contributed by atoms with E-state index in [1.54, 1.807) is 0 Å². The third-order valence-electron chi connectivity index (χ3n) is 5.52. The first kappa shape index (κ1) is 14.6. The highest BCUT2D eigenvalue weighted by Gasteiger charge is 2.39. The molecule has 0 aromatic carbocycles. The van der Waals surface area contributed by atoms with Crippen molar-refractivity contribution >= 4 is 11.5 Å². The molecular weight excluding hydrogens is 308 g/mol. The molecule has 24 heavy (non-hydrogen) atoms. The van der Waals surface area contributed by atoms with Gasteiger partial charge in [-0.25, -0.2) is 0 Å². The number of nitrogens with zero attached hydrogens (tertiary/aromatic N) is 6. The number of likely N-dealkylation sites (N-methyl/N-ethyl adjacent to an activating group) is 1. The van der Waals surface area contributed by atoms with Gasteiger partial charge in [-0.1, -0.05) is 0 Å². The Morgan fingerprint density at radius 3 is 2.75 bits per heavy atom. The van der Waals surface area contributed by atoms with Crippen molar-refractivity contribution < 1.29 is 9.84 Å². The predicted octanol–water partition coefficient (Wildman–Crippen LogP) is -0.118. The van der Waals surface area contributed by atoms with Crippen molar-refractivity contribution in [2.45, 2.75) is 36.9 Å². The molecule has 0 spiro atoms. The SMILES string of the molecule is CN(C1CN(c2ccc3nnc(C4CC4)n3n2)C1)C1COCC1O. The van der Waals surface area contributed by atoms with Crippen LogP contribution in [0, 0.1) is 0 Å². The van der Waals surface area contributed by atoms with Crippen LogP contribution < -0.4 is 4.90 Å². The summed E-state index contributed by atoms with van der Waals surface area (Å²) in [6, 6.07) is 4.54. The van der Waals surface area contributed by atoms with Crippen molar-refractivity contribution in [3.8, 4) is 0 Å². The molecule has 0 amide bonds. The van der Waals surface area contributed by atoms with Crippen LogP contribution in [-0.2, 0) is 4.74 Å². The molecule has 8 heteroatoms. The minimum absolute atomic E-state index is 0.104. The van der Waals surface area contributed by atoms with Crippen molar-refractivity contribution in [3.05, 3.63) is 18.0 Å². The van der Waals surface area contributed by atoms with E-state index in [4.69, 9.17) is 9.84 Å². The van der Waals surface area contributed by atoms with Crippen LogP contribution in [0.1, 0.15) is 24.6 Å². The highest BCUT2D eigenvalue weighted by molar-refractivity contribution is 5.48. The summed E-state index contributed by atoms with van der Waals surface area (Å²) >= 11 is 0. The van der Waals surface area contributed by atoms with Crippen molar-refractivity contribution in [1.82, 2.24) is 24.7 Å². The second-order valence-electron chi connectivity index (χ2n) is 7.19. The van der Waals surface area contributed by atoms with Gasteiger partial charge in [-0.15, -0.1) is 15.3 Å². The third-order valence-corrected chi connectivity index (χ3v) is 5.52. The van der Waals surface area contributed by atoms with Crippen LogP contribution >= 0.6 is 0 Å². The summed E-state index contributed by atoms with van der Waals surface area (Å²) in [7, 11) is 2.08. The fraction of sp³-hybridized carbons (Fsp3) is 0.688. The lowest BCUT2D eigenvalue weighted by Gasteiger charge is -2.46. The highest BCUT2D eigenvalue weighted by atomic mass is 16.5. The summed E-state index contributed by atoms with van der Waals surface area (Å²) in [6.45, 7) is 2.89. The Bertz CT molecular complexity index is 754. The van der Waals surface area contributed by atoms with Gasteiger partial charge in [0.25, 0.3) is 0 Å². The van der Waals surface area contributed by atoms with Crippen LogP contribution in [0.5, 0.6) is 0 Å². The Labute approximate surface area is 140 Å². The molecule has 8 nitrogen and oxygen atoms in total. The van der Waals surface area contributed by atoms with Gasteiger partial charge < -0.3 is 14.7 Å². The molecule has 3 aliphatic rings. The number of aliphatic hydroxyl groups is 1. The zero-order valence-electron chi connectivity index (χ0n) is 13.7. The Hall–Kier alpha value is -1.77. The fourth-order valence-electron chi connectivity index (χ4n) is 3.65. The number of ether oxygens (including phenoxy) is 1. The van der Waals surface area contributed by atoms with Crippen LogP contribution in [-0.4, -0.2) is 81.4 Å². The van der Waals surface area contributed by atoms with E-state index in [0.717, 1.165) is 30.4 Å². The number of anilines is 1. The lowest BCUT2D eigenvalue weighted by molar-refractivity contribution is 0.0635. The van der Waals surface area contributed by atoms with Crippen molar-refractivity contribution in [2.75, 3.05) is 38.3 Å². The summed E-state index contributed by atoms with van der Waals surface area (Å²) in [6.07, 6.45) is 2.00. The first-order valence-corrected chi connectivity index (χ1v) is 8.66. The molecule has 2 aliphatic heterocycles. The third kappa shape index (κ3) is 2.28. The van der Waals surface area contributed by atoms with E-state index in [9.17, 15) is 5.11 Å². The van der Waals surface area contributed by atoms with E-state index in [-0.39, 0.29) is 12.1 Å². The maximum absolute atomic E-state index is 9.98. The molecule has 2 unspecified atom stereocenters. The molecule has 1 aliphatic carbocycles. The first-order valence-electron chi connectivity index (χ1n) is 8.66. The Morgan fingerprint density at radius 1 is 1.21 bits per heavy atom. The van der Waals surface area contributed by atoms with E-state index in [2.05, 4.69) is 27.0 Å². The van der Waals surface area contributed by atoms with Crippen molar-refractivity contribution in [2.24, 2.45) is 0 Å².